The molecule has 0 aromatic heterocycles. The van der Waals surface area contributed by atoms with E-state index in [1.807, 2.05) is 0 Å². The summed E-state index contributed by atoms with van der Waals surface area (Å²) in [6.45, 7) is 0. The van der Waals surface area contributed by atoms with E-state index in [1.54, 1.807) is 6.07 Å². The van der Waals surface area contributed by atoms with E-state index in [2.05, 4.69) is 0 Å². The molecule has 0 saturated carbocycles. The van der Waals surface area contributed by atoms with Crippen molar-refractivity contribution < 1.29 is 4.92 Å². The number of nitro benzene ring substituents is 1. The van der Waals surface area contributed by atoms with Gasteiger partial charge in [0.2, 0.25) is 0 Å². The fraction of sp³-hybridized carbons (Fsp3) is 0. The van der Waals surface area contributed by atoms with Gasteiger partial charge in [-0.3, -0.25) is 10.1 Å². The van der Waals surface area contributed by atoms with Crippen LogP contribution >= 0.6 is 23.2 Å². The third kappa shape index (κ3) is 2.69. The molecule has 0 fully saturated rings. The zero-order chi connectivity index (χ0) is 11.4. The van der Waals surface area contributed by atoms with Gasteiger partial charge in [-0.2, -0.15) is 5.26 Å². The van der Waals surface area contributed by atoms with Crippen molar-refractivity contribution in [2.24, 2.45) is 0 Å². The molecule has 0 aliphatic rings. The lowest BCUT2D eigenvalue weighted by Gasteiger charge is -2.00. The Morgan fingerprint density at radius 1 is 1.60 bits per heavy atom. The number of halogens is 2. The van der Waals surface area contributed by atoms with Crippen molar-refractivity contribution in [3.8, 4) is 6.07 Å². The van der Waals surface area contributed by atoms with Crippen LogP contribution in [-0.2, 0) is 0 Å². The summed E-state index contributed by atoms with van der Waals surface area (Å²) < 4.78 is 0. The van der Waals surface area contributed by atoms with Gasteiger partial charge in [0.15, 0.2) is 0 Å². The summed E-state index contributed by atoms with van der Waals surface area (Å²) in [5.74, 6) is 0. The standard InChI is InChI=1S/C9H4Cl2N2O2/c10-6-1-2-7(8(11)3-4-12)9(5-6)13(14)15/h1-3,5H/b8-3-. The molecular formula is C9H4Cl2N2O2. The molecule has 1 aromatic carbocycles. The molecule has 0 saturated heterocycles. The summed E-state index contributed by atoms with van der Waals surface area (Å²) in [4.78, 5) is 10.1. The van der Waals surface area contributed by atoms with Crippen LogP contribution < -0.4 is 0 Å². The maximum atomic E-state index is 10.7. The van der Waals surface area contributed by atoms with Gasteiger partial charge < -0.3 is 0 Å². The number of rotatable bonds is 2. The molecule has 4 nitrogen and oxygen atoms in total. The molecule has 0 atom stereocenters. The van der Waals surface area contributed by atoms with E-state index in [1.165, 1.54) is 18.2 Å². The van der Waals surface area contributed by atoms with Crippen molar-refractivity contribution in [2.45, 2.75) is 0 Å². The Morgan fingerprint density at radius 2 is 2.27 bits per heavy atom. The van der Waals surface area contributed by atoms with Crippen LogP contribution in [0.4, 0.5) is 5.69 Å². The highest BCUT2D eigenvalue weighted by molar-refractivity contribution is 6.49. The number of nitrogens with zero attached hydrogens (tertiary/aromatic N) is 2. The normalized spacial score (nSPS) is 10.9. The van der Waals surface area contributed by atoms with Crippen LogP contribution in [0.2, 0.25) is 5.02 Å². The van der Waals surface area contributed by atoms with Crippen molar-refractivity contribution in [3.63, 3.8) is 0 Å². The number of hydrogen-bond donors (Lipinski definition) is 0. The SMILES string of the molecule is N#C/C=C(\Cl)c1ccc(Cl)cc1[N+](=O)[O-]. The molecule has 15 heavy (non-hydrogen) atoms. The molecule has 0 heterocycles. The lowest BCUT2D eigenvalue weighted by Crippen LogP contribution is -1.92. The molecule has 0 spiro atoms. The summed E-state index contributed by atoms with van der Waals surface area (Å²) in [5.41, 5.74) is -0.0494. The first kappa shape index (κ1) is 11.5. The third-order valence-electron chi connectivity index (χ3n) is 1.61. The molecule has 1 aromatic rings. The van der Waals surface area contributed by atoms with E-state index in [0.717, 1.165) is 6.08 Å². The topological polar surface area (TPSA) is 66.9 Å². The second-order valence-electron chi connectivity index (χ2n) is 2.54. The summed E-state index contributed by atoms with van der Waals surface area (Å²) >= 11 is 11.3. The van der Waals surface area contributed by atoms with Crippen molar-refractivity contribution >= 4 is 33.9 Å². The average Bonchev–Trinajstić information content (AvgIpc) is 2.17. The predicted molar refractivity (Wildman–Crippen MR) is 57.5 cm³/mol. The summed E-state index contributed by atoms with van der Waals surface area (Å²) in [7, 11) is 0. The smallest absolute Gasteiger partial charge is 0.258 e. The number of nitriles is 1. The Kier molecular flexibility index (Phi) is 3.67. The van der Waals surface area contributed by atoms with Crippen LogP contribution in [0.25, 0.3) is 5.03 Å². The molecule has 0 N–H and O–H groups in total. The molecule has 0 unspecified atom stereocenters. The molecule has 1 rings (SSSR count). The van der Waals surface area contributed by atoms with Crippen LogP contribution in [0.1, 0.15) is 5.56 Å². The Bertz CT molecular complexity index is 477. The number of hydrogen-bond acceptors (Lipinski definition) is 3. The van der Waals surface area contributed by atoms with Gasteiger partial charge in [0.05, 0.1) is 21.6 Å². The van der Waals surface area contributed by atoms with Gasteiger partial charge in [0.25, 0.3) is 5.69 Å². The monoisotopic (exact) mass is 242 g/mol. The second-order valence-corrected chi connectivity index (χ2v) is 3.38. The van der Waals surface area contributed by atoms with E-state index in [4.69, 9.17) is 28.5 Å². The predicted octanol–water partition coefficient (Wildman–Crippen LogP) is 3.35. The fourth-order valence-corrected chi connectivity index (χ4v) is 1.37. The maximum absolute atomic E-state index is 10.7. The van der Waals surface area contributed by atoms with Crippen molar-refractivity contribution in [3.05, 3.63) is 45.0 Å². The average molecular weight is 243 g/mol. The Morgan fingerprint density at radius 3 is 2.80 bits per heavy atom. The lowest BCUT2D eigenvalue weighted by molar-refractivity contribution is -0.385. The molecule has 0 radical (unpaired) electrons. The highest BCUT2D eigenvalue weighted by atomic mass is 35.5. The molecule has 0 aliphatic heterocycles. The van der Waals surface area contributed by atoms with E-state index in [9.17, 15) is 10.1 Å². The Balaban J connectivity index is 3.37. The lowest BCUT2D eigenvalue weighted by atomic mass is 10.1. The number of nitro groups is 1. The molecular weight excluding hydrogens is 239 g/mol. The Labute approximate surface area is 95.5 Å². The van der Waals surface area contributed by atoms with Crippen LogP contribution in [-0.4, -0.2) is 4.92 Å². The van der Waals surface area contributed by atoms with Gasteiger partial charge in [0.1, 0.15) is 0 Å². The molecule has 0 bridgehead atoms. The Hall–Kier alpha value is -1.57. The van der Waals surface area contributed by atoms with Crippen LogP contribution in [0.3, 0.4) is 0 Å². The van der Waals surface area contributed by atoms with Gasteiger partial charge in [-0.15, -0.1) is 0 Å². The van der Waals surface area contributed by atoms with E-state index in [-0.39, 0.29) is 21.3 Å². The number of benzene rings is 1. The first-order valence-corrected chi connectivity index (χ1v) is 4.51. The number of allylic oxidation sites excluding steroid dienone is 1. The van der Waals surface area contributed by atoms with E-state index < -0.39 is 4.92 Å². The summed E-state index contributed by atoms with van der Waals surface area (Å²) in [6.07, 6.45) is 1.03. The third-order valence-corrected chi connectivity index (χ3v) is 2.15. The largest absolute Gasteiger partial charge is 0.279 e. The van der Waals surface area contributed by atoms with Gasteiger partial charge in [-0.05, 0) is 12.1 Å². The second kappa shape index (κ2) is 4.78. The van der Waals surface area contributed by atoms with Gasteiger partial charge in [0, 0.05) is 17.2 Å². The molecule has 6 heteroatoms. The van der Waals surface area contributed by atoms with Crippen LogP contribution in [0, 0.1) is 21.4 Å². The van der Waals surface area contributed by atoms with Crippen molar-refractivity contribution in [1.29, 1.82) is 5.26 Å². The quantitative estimate of drug-likeness (QED) is 0.454. The zero-order valence-corrected chi connectivity index (χ0v) is 8.79. The first-order valence-electron chi connectivity index (χ1n) is 3.76. The maximum Gasteiger partial charge on any atom is 0.279 e. The first-order chi connectivity index (χ1) is 7.06. The van der Waals surface area contributed by atoms with Gasteiger partial charge >= 0.3 is 0 Å². The van der Waals surface area contributed by atoms with Gasteiger partial charge in [-0.25, -0.2) is 0 Å². The fourth-order valence-electron chi connectivity index (χ4n) is 0.992. The van der Waals surface area contributed by atoms with Crippen LogP contribution in [0.15, 0.2) is 24.3 Å². The van der Waals surface area contributed by atoms with E-state index >= 15 is 0 Å². The minimum atomic E-state index is -0.602. The highest BCUT2D eigenvalue weighted by Crippen LogP contribution is 2.30. The van der Waals surface area contributed by atoms with Crippen molar-refractivity contribution in [1.82, 2.24) is 0 Å². The zero-order valence-electron chi connectivity index (χ0n) is 7.28. The minimum absolute atomic E-state index is 0.0147. The summed E-state index contributed by atoms with van der Waals surface area (Å²) in [5, 5.41) is 19.3. The molecule has 0 aliphatic carbocycles. The minimum Gasteiger partial charge on any atom is -0.258 e. The highest BCUT2D eigenvalue weighted by Gasteiger charge is 2.16. The molecule has 76 valence electrons. The van der Waals surface area contributed by atoms with E-state index in [0.29, 0.717) is 0 Å². The summed E-state index contributed by atoms with van der Waals surface area (Å²) in [6, 6.07) is 5.75. The van der Waals surface area contributed by atoms with Crippen LogP contribution in [0.5, 0.6) is 0 Å². The van der Waals surface area contributed by atoms with Gasteiger partial charge in [-0.1, -0.05) is 23.2 Å². The molecule has 0 amide bonds. The van der Waals surface area contributed by atoms with Crippen molar-refractivity contribution in [2.75, 3.05) is 0 Å².